The number of nitrogens with one attached hydrogen (secondary N) is 2. The lowest BCUT2D eigenvalue weighted by Crippen LogP contribution is -2.50. The lowest BCUT2D eigenvalue weighted by molar-refractivity contribution is -0.141. The van der Waals surface area contributed by atoms with E-state index in [9.17, 15) is 14.7 Å². The Morgan fingerprint density at radius 1 is 1.13 bits per heavy atom. The summed E-state index contributed by atoms with van der Waals surface area (Å²) in [5.74, 6) is -1.64. The molecule has 0 aliphatic rings. The molecule has 5 N–H and O–H groups in total. The van der Waals surface area contributed by atoms with E-state index in [0.717, 1.165) is 32.9 Å². The monoisotopic (exact) mass is 405 g/mol. The Morgan fingerprint density at radius 3 is 2.63 bits per heavy atom. The molecule has 0 fully saturated rings. The highest BCUT2D eigenvalue weighted by Gasteiger charge is 2.25. The Morgan fingerprint density at radius 2 is 1.87 bits per heavy atom. The summed E-state index contributed by atoms with van der Waals surface area (Å²) in [7, 11) is 0.0279. The maximum Gasteiger partial charge on any atom is 0.326 e. The van der Waals surface area contributed by atoms with Crippen LogP contribution in [0.1, 0.15) is 12.5 Å². The van der Waals surface area contributed by atoms with Gasteiger partial charge >= 0.3 is 5.97 Å². The molecule has 2 heterocycles. The smallest absolute Gasteiger partial charge is 0.326 e. The van der Waals surface area contributed by atoms with E-state index in [2.05, 4.69) is 10.3 Å². The molecule has 2 aromatic heterocycles. The van der Waals surface area contributed by atoms with E-state index in [4.69, 9.17) is 7.10 Å². The van der Waals surface area contributed by atoms with Gasteiger partial charge in [0.25, 0.3) is 0 Å². The van der Waals surface area contributed by atoms with Crippen LogP contribution in [0.4, 0.5) is 0 Å². The van der Waals surface area contributed by atoms with Gasteiger partial charge in [0.15, 0.2) is 0 Å². The number of benzene rings is 2. The van der Waals surface area contributed by atoms with E-state index in [1.54, 1.807) is 10.8 Å². The van der Waals surface area contributed by atoms with Gasteiger partial charge in [-0.05, 0) is 29.7 Å². The van der Waals surface area contributed by atoms with Crippen LogP contribution in [0.2, 0.25) is 0 Å². The van der Waals surface area contributed by atoms with Gasteiger partial charge in [0.05, 0.1) is 6.04 Å². The summed E-state index contributed by atoms with van der Waals surface area (Å²) in [6.07, 6.45) is 3.99. The maximum absolute atomic E-state index is 12.7. The SMILES string of the molecule is [2H]Cn1cc(C[C@H](NC(=O)[C@@H](N)Cc2c[nH]c3ccccc23)C(=O)O)c2ccccc21. The van der Waals surface area contributed by atoms with Gasteiger partial charge in [-0.15, -0.1) is 0 Å². The highest BCUT2D eigenvalue weighted by molar-refractivity contribution is 5.90. The Hall–Kier alpha value is -3.58. The molecule has 0 saturated carbocycles. The number of aryl methyl sites for hydroxylation is 1. The first-order chi connectivity index (χ1) is 15.0. The average molecular weight is 405 g/mol. The number of fused-ring (bicyclic) bond motifs is 2. The lowest BCUT2D eigenvalue weighted by atomic mass is 10.0. The van der Waals surface area contributed by atoms with Crippen LogP contribution in [-0.2, 0) is 29.5 Å². The number of aromatic nitrogens is 2. The van der Waals surface area contributed by atoms with Crippen LogP contribution < -0.4 is 11.1 Å². The van der Waals surface area contributed by atoms with Crippen molar-refractivity contribution in [3.63, 3.8) is 0 Å². The van der Waals surface area contributed by atoms with Crippen molar-refractivity contribution in [1.29, 1.82) is 0 Å². The second-order valence-corrected chi connectivity index (χ2v) is 7.41. The van der Waals surface area contributed by atoms with E-state index < -0.39 is 24.0 Å². The topological polar surface area (TPSA) is 113 Å². The number of para-hydroxylation sites is 2. The number of rotatable bonds is 7. The van der Waals surface area contributed by atoms with Crippen molar-refractivity contribution in [2.75, 3.05) is 0 Å². The van der Waals surface area contributed by atoms with Gasteiger partial charge in [-0.1, -0.05) is 36.4 Å². The predicted octanol–water partition coefficient (Wildman–Crippen LogP) is 2.34. The van der Waals surface area contributed by atoms with Crippen LogP contribution in [0, 0.1) is 0 Å². The molecule has 0 spiro atoms. The molecule has 7 nitrogen and oxygen atoms in total. The third-order valence-corrected chi connectivity index (χ3v) is 5.36. The first-order valence-electron chi connectivity index (χ1n) is 10.4. The van der Waals surface area contributed by atoms with Gasteiger partial charge in [-0.25, -0.2) is 4.79 Å². The largest absolute Gasteiger partial charge is 0.480 e. The van der Waals surface area contributed by atoms with E-state index >= 15 is 0 Å². The minimum atomic E-state index is -1.13. The summed E-state index contributed by atoms with van der Waals surface area (Å²) in [5.41, 5.74) is 9.60. The number of carboxylic acid groups (broad SMARTS) is 1. The van der Waals surface area contributed by atoms with Crippen molar-refractivity contribution in [3.8, 4) is 0 Å². The van der Waals surface area contributed by atoms with E-state index in [0.29, 0.717) is 6.42 Å². The number of hydrogen-bond donors (Lipinski definition) is 4. The molecule has 30 heavy (non-hydrogen) atoms. The normalized spacial score (nSPS) is 13.8. The molecular formula is C23H24N4O3. The van der Waals surface area contributed by atoms with E-state index in [1.165, 1.54) is 0 Å². The van der Waals surface area contributed by atoms with Crippen LogP contribution in [-0.4, -0.2) is 38.6 Å². The van der Waals surface area contributed by atoms with Crippen LogP contribution in [0.15, 0.2) is 60.9 Å². The third kappa shape index (κ3) is 3.79. The van der Waals surface area contributed by atoms with Gasteiger partial charge in [-0.2, -0.15) is 0 Å². The van der Waals surface area contributed by atoms with Crippen molar-refractivity contribution in [3.05, 3.63) is 72.1 Å². The maximum atomic E-state index is 12.7. The van der Waals surface area contributed by atoms with Gasteiger partial charge in [0, 0.05) is 49.0 Å². The van der Waals surface area contributed by atoms with Crippen molar-refractivity contribution >= 4 is 33.7 Å². The molecule has 4 rings (SSSR count). The van der Waals surface area contributed by atoms with Crippen LogP contribution in [0.5, 0.6) is 0 Å². The first kappa shape index (κ1) is 18.4. The summed E-state index contributed by atoms with van der Waals surface area (Å²) >= 11 is 0. The molecular weight excluding hydrogens is 380 g/mol. The van der Waals surface area contributed by atoms with Crippen molar-refractivity contribution in [2.24, 2.45) is 12.8 Å². The highest BCUT2D eigenvalue weighted by atomic mass is 16.4. The zero-order chi connectivity index (χ0) is 22.0. The molecule has 154 valence electrons. The molecule has 7 heteroatoms. The fraction of sp³-hybridized carbons (Fsp3) is 0.217. The van der Waals surface area contributed by atoms with Crippen molar-refractivity contribution < 1.29 is 16.1 Å². The molecule has 0 aliphatic carbocycles. The Balaban J connectivity index is 1.49. The minimum absolute atomic E-state index is 0.0279. The standard InChI is InChI=1S/C23H24N4O3/c1-27-13-15(17-7-3-5-9-21(17)27)11-20(23(29)30)26-22(28)18(24)10-14-12-25-19-8-4-2-6-16(14)19/h2-9,12-13,18,20,25H,10-11,24H2,1H3,(H,26,28)(H,29,30)/t18-,20-/m0/s1/i1D. The predicted molar refractivity (Wildman–Crippen MR) is 116 cm³/mol. The summed E-state index contributed by atoms with van der Waals surface area (Å²) in [6, 6.07) is 13.3. The van der Waals surface area contributed by atoms with Crippen LogP contribution in [0.25, 0.3) is 21.8 Å². The zero-order valence-corrected chi connectivity index (χ0v) is 16.3. The molecule has 0 bridgehead atoms. The second kappa shape index (κ2) is 8.04. The molecule has 0 unspecified atom stereocenters. The summed E-state index contributed by atoms with van der Waals surface area (Å²) < 4.78 is 9.43. The number of amides is 1. The van der Waals surface area contributed by atoms with E-state index in [1.807, 2.05) is 54.7 Å². The molecule has 0 saturated heterocycles. The van der Waals surface area contributed by atoms with Crippen molar-refractivity contribution in [2.45, 2.75) is 24.9 Å². The minimum Gasteiger partial charge on any atom is -0.480 e. The highest BCUT2D eigenvalue weighted by Crippen LogP contribution is 2.22. The van der Waals surface area contributed by atoms with Gasteiger partial charge < -0.3 is 25.7 Å². The van der Waals surface area contributed by atoms with Crippen LogP contribution >= 0.6 is 0 Å². The fourth-order valence-corrected chi connectivity index (χ4v) is 3.81. The quantitative estimate of drug-likeness (QED) is 0.378. The number of nitrogens with zero attached hydrogens (tertiary/aromatic N) is 1. The number of aromatic amines is 1. The van der Waals surface area contributed by atoms with Crippen LogP contribution in [0.3, 0.4) is 0 Å². The number of H-pyrrole nitrogens is 1. The van der Waals surface area contributed by atoms with E-state index in [-0.39, 0.29) is 13.4 Å². The zero-order valence-electron chi connectivity index (χ0n) is 17.3. The van der Waals surface area contributed by atoms with Gasteiger partial charge in [0.1, 0.15) is 6.04 Å². The fourth-order valence-electron chi connectivity index (χ4n) is 3.81. The molecule has 0 aliphatic heterocycles. The first-order valence-corrected chi connectivity index (χ1v) is 9.67. The average Bonchev–Trinajstić information content (AvgIpc) is 3.34. The molecule has 4 aromatic rings. The Bertz CT molecular complexity index is 1250. The number of aliphatic carboxylic acids is 1. The number of carboxylic acids is 1. The summed E-state index contributed by atoms with van der Waals surface area (Å²) in [4.78, 5) is 27.7. The Labute approximate surface area is 174 Å². The van der Waals surface area contributed by atoms with Gasteiger partial charge in [0.2, 0.25) is 5.91 Å². The lowest BCUT2D eigenvalue weighted by Gasteiger charge is -2.17. The number of nitrogens with two attached hydrogens (primary N) is 1. The molecule has 1 amide bonds. The molecule has 2 aromatic carbocycles. The number of carbonyl (C=O) groups is 2. The summed E-state index contributed by atoms with van der Waals surface area (Å²) in [6.45, 7) is 0. The Kier molecular flexibility index (Phi) is 4.94. The van der Waals surface area contributed by atoms with Gasteiger partial charge in [-0.3, -0.25) is 4.79 Å². The number of carbonyl (C=O) groups excluding carboxylic acids is 1. The third-order valence-electron chi connectivity index (χ3n) is 5.36. The summed E-state index contributed by atoms with van der Waals surface area (Å²) in [5, 5.41) is 14.1. The second-order valence-electron chi connectivity index (χ2n) is 7.41. The van der Waals surface area contributed by atoms with Crippen molar-refractivity contribution in [1.82, 2.24) is 14.9 Å². The molecule has 0 radical (unpaired) electrons. The number of hydrogen-bond acceptors (Lipinski definition) is 3. The molecule has 2 atom stereocenters.